The van der Waals surface area contributed by atoms with E-state index in [0.29, 0.717) is 0 Å². The SMILES string of the molecule is FC(F)=C(CC(F)(F)C(F)(F)F)C(F)(F)F. The Kier molecular flexibility index (Phi) is 3.88. The molecule has 0 aromatic heterocycles. The van der Waals surface area contributed by atoms with Crippen LogP contribution in [0.4, 0.5) is 43.9 Å². The minimum atomic E-state index is -6.32. The van der Waals surface area contributed by atoms with E-state index < -0.39 is 36.3 Å². The van der Waals surface area contributed by atoms with E-state index in [2.05, 4.69) is 0 Å². The summed E-state index contributed by atoms with van der Waals surface area (Å²) in [6.07, 6.45) is -19.0. The molecule has 0 nitrogen and oxygen atoms in total. The zero-order chi connectivity index (χ0) is 13.4. The van der Waals surface area contributed by atoms with Gasteiger partial charge in [-0.25, -0.2) is 0 Å². The Morgan fingerprint density at radius 2 is 1.12 bits per heavy atom. The van der Waals surface area contributed by atoms with Gasteiger partial charge in [0.15, 0.2) is 0 Å². The van der Waals surface area contributed by atoms with E-state index >= 15 is 0 Å². The lowest BCUT2D eigenvalue weighted by molar-refractivity contribution is -0.284. The van der Waals surface area contributed by atoms with Crippen molar-refractivity contribution in [3.05, 3.63) is 11.7 Å². The molecule has 0 unspecified atom stereocenters. The molecule has 0 saturated carbocycles. The molecule has 0 radical (unpaired) electrons. The molecule has 0 atom stereocenters. The van der Waals surface area contributed by atoms with Crippen molar-refractivity contribution in [2.75, 3.05) is 0 Å². The first-order valence-corrected chi connectivity index (χ1v) is 3.35. The predicted octanol–water partition coefficient (Wildman–Crippen LogP) is 4.29. The number of hydrogen-bond donors (Lipinski definition) is 0. The first kappa shape index (κ1) is 15.0. The maximum absolute atomic E-state index is 12.1. The molecule has 0 amide bonds. The van der Waals surface area contributed by atoms with E-state index in [-0.39, 0.29) is 0 Å². The van der Waals surface area contributed by atoms with Crippen molar-refractivity contribution in [2.45, 2.75) is 24.7 Å². The molecule has 0 bridgehead atoms. The van der Waals surface area contributed by atoms with Crippen LogP contribution in [0.15, 0.2) is 11.7 Å². The van der Waals surface area contributed by atoms with Crippen LogP contribution in [0.3, 0.4) is 0 Å². The van der Waals surface area contributed by atoms with Crippen LogP contribution < -0.4 is 0 Å². The van der Waals surface area contributed by atoms with Gasteiger partial charge in [0.25, 0.3) is 6.08 Å². The van der Waals surface area contributed by atoms with Crippen molar-refractivity contribution in [1.82, 2.24) is 0 Å². The Morgan fingerprint density at radius 1 is 0.750 bits per heavy atom. The third-order valence-electron chi connectivity index (χ3n) is 1.38. The zero-order valence-electron chi connectivity index (χ0n) is 6.99. The number of alkyl halides is 8. The van der Waals surface area contributed by atoms with Crippen LogP contribution >= 0.6 is 0 Å². The van der Waals surface area contributed by atoms with Gasteiger partial charge in [0.05, 0.1) is 6.42 Å². The molecule has 0 aromatic carbocycles. The van der Waals surface area contributed by atoms with Gasteiger partial charge in [0.2, 0.25) is 0 Å². The average Bonchev–Trinajstić information content (AvgIpc) is 1.95. The lowest BCUT2D eigenvalue weighted by Crippen LogP contribution is -2.38. The molecule has 0 aliphatic carbocycles. The van der Waals surface area contributed by atoms with Crippen molar-refractivity contribution in [3.8, 4) is 0 Å². The fraction of sp³-hybridized carbons (Fsp3) is 0.667. The normalized spacial score (nSPS) is 13.9. The Labute approximate surface area is 81.5 Å². The van der Waals surface area contributed by atoms with Crippen molar-refractivity contribution >= 4 is 0 Å². The molecule has 0 aliphatic rings. The van der Waals surface area contributed by atoms with Crippen LogP contribution in [-0.4, -0.2) is 18.3 Å². The summed E-state index contributed by atoms with van der Waals surface area (Å²) in [5.74, 6) is -5.86. The van der Waals surface area contributed by atoms with E-state index in [0.717, 1.165) is 0 Å². The highest BCUT2D eigenvalue weighted by atomic mass is 19.4. The lowest BCUT2D eigenvalue weighted by atomic mass is 10.1. The summed E-state index contributed by atoms with van der Waals surface area (Å²) >= 11 is 0. The summed E-state index contributed by atoms with van der Waals surface area (Å²) in [7, 11) is 0. The highest BCUT2D eigenvalue weighted by Crippen LogP contribution is 2.44. The molecule has 96 valence electrons. The third kappa shape index (κ3) is 3.56. The fourth-order valence-corrected chi connectivity index (χ4v) is 0.596. The van der Waals surface area contributed by atoms with Crippen LogP contribution in [0.1, 0.15) is 6.42 Å². The van der Waals surface area contributed by atoms with E-state index in [1.54, 1.807) is 0 Å². The second-order valence-corrected chi connectivity index (χ2v) is 2.62. The lowest BCUT2D eigenvalue weighted by Gasteiger charge is -2.21. The molecule has 0 aromatic rings. The zero-order valence-corrected chi connectivity index (χ0v) is 6.99. The summed E-state index contributed by atoms with van der Waals surface area (Å²) in [4.78, 5) is 0. The Hall–Kier alpha value is -0.960. The molecule has 16 heavy (non-hydrogen) atoms. The van der Waals surface area contributed by atoms with Gasteiger partial charge in [-0.3, -0.25) is 0 Å². The van der Waals surface area contributed by atoms with E-state index in [1.807, 2.05) is 0 Å². The van der Waals surface area contributed by atoms with Crippen molar-refractivity contribution in [2.24, 2.45) is 0 Å². The van der Waals surface area contributed by atoms with Gasteiger partial charge >= 0.3 is 18.3 Å². The maximum atomic E-state index is 12.1. The summed E-state index contributed by atoms with van der Waals surface area (Å²) < 4.78 is 117. The number of allylic oxidation sites excluding steroid dienone is 1. The molecule has 0 N–H and O–H groups in total. The van der Waals surface area contributed by atoms with Gasteiger partial charge in [-0.05, 0) is 0 Å². The summed E-state index contributed by atoms with van der Waals surface area (Å²) in [6, 6.07) is 0. The summed E-state index contributed by atoms with van der Waals surface area (Å²) in [5, 5.41) is 0. The molecular weight excluding hydrogens is 262 g/mol. The van der Waals surface area contributed by atoms with Crippen molar-refractivity contribution in [3.63, 3.8) is 0 Å². The van der Waals surface area contributed by atoms with Gasteiger partial charge in [0, 0.05) is 0 Å². The van der Waals surface area contributed by atoms with Crippen LogP contribution in [0.2, 0.25) is 0 Å². The third-order valence-corrected chi connectivity index (χ3v) is 1.38. The standard InChI is InChI=1S/C6H2F10/c7-3(8)2(5(11,12)13)1-4(9,10)6(14,15)16/h1H2. The Balaban J connectivity index is 5.18. The largest absolute Gasteiger partial charge is 0.453 e. The highest BCUT2D eigenvalue weighted by molar-refractivity contribution is 5.12. The second kappa shape index (κ2) is 4.13. The fourth-order valence-electron chi connectivity index (χ4n) is 0.596. The Morgan fingerprint density at radius 3 is 1.31 bits per heavy atom. The predicted molar refractivity (Wildman–Crippen MR) is 30.9 cm³/mol. The van der Waals surface area contributed by atoms with Gasteiger partial charge in [-0.1, -0.05) is 0 Å². The minimum absolute atomic E-state index is 3.14. The molecule has 0 aliphatic heterocycles. The van der Waals surface area contributed by atoms with E-state index in [1.165, 1.54) is 0 Å². The smallest absolute Gasteiger partial charge is 0.196 e. The van der Waals surface area contributed by atoms with Gasteiger partial charge < -0.3 is 0 Å². The minimum Gasteiger partial charge on any atom is -0.196 e. The quantitative estimate of drug-likeness (QED) is 0.653. The van der Waals surface area contributed by atoms with Gasteiger partial charge in [-0.2, -0.15) is 43.9 Å². The first-order valence-electron chi connectivity index (χ1n) is 3.35. The van der Waals surface area contributed by atoms with E-state index in [9.17, 15) is 43.9 Å². The van der Waals surface area contributed by atoms with Crippen molar-refractivity contribution < 1.29 is 43.9 Å². The maximum Gasteiger partial charge on any atom is 0.453 e. The molecule has 0 heterocycles. The van der Waals surface area contributed by atoms with Gasteiger partial charge in [0.1, 0.15) is 5.57 Å². The molecule has 10 heteroatoms. The second-order valence-electron chi connectivity index (χ2n) is 2.62. The summed E-state index contributed by atoms with van der Waals surface area (Å²) in [6.45, 7) is 0. The van der Waals surface area contributed by atoms with Crippen LogP contribution in [-0.2, 0) is 0 Å². The topological polar surface area (TPSA) is 0 Å². The average molecular weight is 264 g/mol. The summed E-state index contributed by atoms with van der Waals surface area (Å²) in [5.41, 5.74) is -3.19. The first-order chi connectivity index (χ1) is 6.79. The monoisotopic (exact) mass is 264 g/mol. The molecule has 0 saturated heterocycles. The number of halogens is 10. The van der Waals surface area contributed by atoms with Gasteiger partial charge in [-0.15, -0.1) is 0 Å². The molecule has 0 fully saturated rings. The van der Waals surface area contributed by atoms with Crippen molar-refractivity contribution in [1.29, 1.82) is 0 Å². The molecule has 0 rings (SSSR count). The number of hydrogen-bond acceptors (Lipinski definition) is 0. The highest BCUT2D eigenvalue weighted by Gasteiger charge is 2.60. The van der Waals surface area contributed by atoms with Crippen LogP contribution in [0, 0.1) is 0 Å². The molecule has 0 spiro atoms. The number of rotatable bonds is 2. The van der Waals surface area contributed by atoms with Crippen LogP contribution in [0.5, 0.6) is 0 Å². The van der Waals surface area contributed by atoms with Crippen LogP contribution in [0.25, 0.3) is 0 Å². The van der Waals surface area contributed by atoms with E-state index in [4.69, 9.17) is 0 Å². The molecular formula is C6H2F10. The Bertz CT molecular complexity index is 275.